The zero-order valence-electron chi connectivity index (χ0n) is 16.3. The molecule has 0 bridgehead atoms. The lowest BCUT2D eigenvalue weighted by Crippen LogP contribution is -2.22. The van der Waals surface area contributed by atoms with Gasteiger partial charge in [-0.05, 0) is 49.1 Å². The van der Waals surface area contributed by atoms with Gasteiger partial charge >= 0.3 is 0 Å². The van der Waals surface area contributed by atoms with Gasteiger partial charge in [0.15, 0.2) is 5.78 Å². The molecule has 1 aromatic heterocycles. The van der Waals surface area contributed by atoms with E-state index in [1.165, 1.54) is 6.20 Å². The average molecular weight is 387 g/mol. The largest absolute Gasteiger partial charge is 0.497 e. The summed E-state index contributed by atoms with van der Waals surface area (Å²) in [5.74, 6) is 0.760. The molecule has 0 saturated carbocycles. The fraction of sp³-hybridized carbons (Fsp3) is 0.217. The monoisotopic (exact) mass is 387 g/mol. The molecule has 1 aliphatic carbocycles. The predicted molar refractivity (Wildman–Crippen MR) is 110 cm³/mol. The number of carbonyl (C=O) groups excluding carboxylic acids is 2. The summed E-state index contributed by atoms with van der Waals surface area (Å²) in [5.41, 5.74) is 3.87. The number of amides is 1. The molecule has 1 aliphatic rings. The molecule has 2 aromatic carbocycles. The van der Waals surface area contributed by atoms with Crippen LogP contribution in [0.15, 0.2) is 54.7 Å². The number of hydrogen-bond donors (Lipinski definition) is 1. The van der Waals surface area contributed by atoms with Crippen molar-refractivity contribution in [2.24, 2.45) is 0 Å². The first-order valence-corrected chi connectivity index (χ1v) is 9.44. The number of carbonyl (C=O) groups is 2. The highest BCUT2D eigenvalue weighted by Crippen LogP contribution is 2.32. The Hall–Kier alpha value is -3.54. The van der Waals surface area contributed by atoms with E-state index >= 15 is 0 Å². The number of ether oxygens (including phenoxy) is 1. The minimum atomic E-state index is -0.279. The summed E-state index contributed by atoms with van der Waals surface area (Å²) < 4.78 is 5.20. The molecule has 1 amide bonds. The normalized spacial score (nSPS) is 15.5. The van der Waals surface area contributed by atoms with Crippen molar-refractivity contribution in [1.82, 2.24) is 9.97 Å². The number of Topliss-reactive ketones (excluding diaryl/α,β-unsaturated/α-hetero) is 1. The molecule has 1 atom stereocenters. The van der Waals surface area contributed by atoms with Crippen molar-refractivity contribution in [3.63, 3.8) is 0 Å². The lowest BCUT2D eigenvalue weighted by molar-refractivity contribution is 0.0962. The summed E-state index contributed by atoms with van der Waals surface area (Å²) in [4.78, 5) is 33.7. The quantitative estimate of drug-likeness (QED) is 0.733. The second-order valence-electron chi connectivity index (χ2n) is 7.18. The number of nitrogens with one attached hydrogen (secondary N) is 1. The first-order chi connectivity index (χ1) is 14.0. The summed E-state index contributed by atoms with van der Waals surface area (Å²) in [6.07, 6.45) is 2.54. The predicted octanol–water partition coefficient (Wildman–Crippen LogP) is 3.96. The van der Waals surface area contributed by atoms with Gasteiger partial charge < -0.3 is 4.74 Å². The smallest absolute Gasteiger partial charge is 0.258 e. The van der Waals surface area contributed by atoms with Crippen LogP contribution in [-0.2, 0) is 6.42 Å². The zero-order chi connectivity index (χ0) is 20.4. The molecular formula is C23H21N3O3. The number of rotatable bonds is 4. The summed E-state index contributed by atoms with van der Waals surface area (Å²) in [6.45, 7) is 1.96. The van der Waals surface area contributed by atoms with Crippen molar-refractivity contribution in [1.29, 1.82) is 0 Å². The number of anilines is 1. The molecule has 0 unspecified atom stereocenters. The van der Waals surface area contributed by atoms with Gasteiger partial charge in [-0.3, -0.25) is 14.9 Å². The number of aromatic nitrogens is 2. The summed E-state index contributed by atoms with van der Waals surface area (Å²) in [5, 5.41) is 2.72. The molecule has 0 aliphatic heterocycles. The average Bonchev–Trinajstić information content (AvgIpc) is 2.74. The van der Waals surface area contributed by atoms with Crippen LogP contribution in [-0.4, -0.2) is 28.8 Å². The van der Waals surface area contributed by atoms with Crippen molar-refractivity contribution in [2.45, 2.75) is 25.7 Å². The van der Waals surface area contributed by atoms with E-state index in [1.54, 1.807) is 19.2 Å². The first kappa shape index (κ1) is 18.8. The molecule has 0 radical (unpaired) electrons. The highest BCUT2D eigenvalue weighted by atomic mass is 16.5. The van der Waals surface area contributed by atoms with E-state index < -0.39 is 0 Å². The second kappa shape index (κ2) is 7.83. The summed E-state index contributed by atoms with van der Waals surface area (Å²) >= 11 is 0. The van der Waals surface area contributed by atoms with Gasteiger partial charge in [0.05, 0.1) is 18.4 Å². The van der Waals surface area contributed by atoms with Crippen molar-refractivity contribution in [2.75, 3.05) is 12.4 Å². The van der Waals surface area contributed by atoms with E-state index in [-0.39, 0.29) is 23.6 Å². The molecule has 4 rings (SSSR count). The third kappa shape index (κ3) is 4.01. The van der Waals surface area contributed by atoms with Crippen LogP contribution in [0.4, 0.5) is 5.95 Å². The highest BCUT2D eigenvalue weighted by Gasteiger charge is 2.28. The zero-order valence-corrected chi connectivity index (χ0v) is 16.3. The van der Waals surface area contributed by atoms with Crippen molar-refractivity contribution in [3.05, 3.63) is 82.7 Å². The number of fused-ring (bicyclic) bond motifs is 1. The van der Waals surface area contributed by atoms with Gasteiger partial charge in [-0.15, -0.1) is 0 Å². The van der Waals surface area contributed by atoms with E-state index in [0.717, 1.165) is 16.9 Å². The fourth-order valence-electron chi connectivity index (χ4n) is 3.50. The Morgan fingerprint density at radius 1 is 1.07 bits per heavy atom. The van der Waals surface area contributed by atoms with Gasteiger partial charge in [0, 0.05) is 18.2 Å². The van der Waals surface area contributed by atoms with E-state index in [9.17, 15) is 9.59 Å². The lowest BCUT2D eigenvalue weighted by Gasteiger charge is -2.23. The number of methoxy groups -OCH3 is 1. The van der Waals surface area contributed by atoms with Crippen LogP contribution in [0.5, 0.6) is 5.75 Å². The lowest BCUT2D eigenvalue weighted by atomic mass is 9.82. The minimum Gasteiger partial charge on any atom is -0.497 e. The number of ketones is 1. The van der Waals surface area contributed by atoms with Crippen molar-refractivity contribution < 1.29 is 14.3 Å². The Bertz CT molecular complexity index is 1060. The molecule has 0 fully saturated rings. The third-order valence-electron chi connectivity index (χ3n) is 5.17. The molecule has 0 spiro atoms. The summed E-state index contributed by atoms with van der Waals surface area (Å²) in [7, 11) is 1.62. The second-order valence-corrected chi connectivity index (χ2v) is 7.18. The molecule has 6 nitrogen and oxygen atoms in total. The first-order valence-electron chi connectivity index (χ1n) is 9.44. The Morgan fingerprint density at radius 2 is 1.79 bits per heavy atom. The van der Waals surface area contributed by atoms with Crippen LogP contribution in [0.3, 0.4) is 0 Å². The third-order valence-corrected chi connectivity index (χ3v) is 5.17. The van der Waals surface area contributed by atoms with Gasteiger partial charge in [0.1, 0.15) is 5.75 Å². The van der Waals surface area contributed by atoms with E-state index in [0.29, 0.717) is 29.7 Å². The van der Waals surface area contributed by atoms with Crippen LogP contribution in [0, 0.1) is 6.92 Å². The molecule has 6 heteroatoms. The van der Waals surface area contributed by atoms with E-state index in [4.69, 9.17) is 4.74 Å². The van der Waals surface area contributed by atoms with Gasteiger partial charge in [-0.25, -0.2) is 9.97 Å². The van der Waals surface area contributed by atoms with Crippen LogP contribution >= 0.6 is 0 Å². The Balaban J connectivity index is 1.55. The molecule has 1 heterocycles. The Kier molecular flexibility index (Phi) is 5.08. The minimum absolute atomic E-state index is 0.0171. The van der Waals surface area contributed by atoms with Gasteiger partial charge in [-0.2, -0.15) is 0 Å². The number of hydrogen-bond acceptors (Lipinski definition) is 5. The SMILES string of the molecule is COc1ccc([C@@H]2CC(=O)c3cnc(NC(=O)c4ccc(C)cc4)nc3C2)cc1. The molecule has 0 saturated heterocycles. The maximum atomic E-state index is 12.6. The maximum absolute atomic E-state index is 12.6. The molecule has 3 aromatic rings. The van der Waals surface area contributed by atoms with E-state index in [1.807, 2.05) is 43.3 Å². The Labute approximate surface area is 169 Å². The van der Waals surface area contributed by atoms with E-state index in [2.05, 4.69) is 15.3 Å². The standard InChI is InChI=1S/C23H21N3O3/c1-14-3-5-16(6-4-14)22(28)26-23-24-13-19-20(25-23)11-17(12-21(19)27)15-7-9-18(29-2)10-8-15/h3-10,13,17H,11-12H2,1-2H3,(H,24,25,26,28)/t17-/m0/s1. The highest BCUT2D eigenvalue weighted by molar-refractivity contribution is 6.03. The summed E-state index contributed by atoms with van der Waals surface area (Å²) in [6, 6.07) is 15.0. The van der Waals surface area contributed by atoms with Crippen LogP contribution in [0.25, 0.3) is 0 Å². The van der Waals surface area contributed by atoms with Crippen LogP contribution in [0.2, 0.25) is 0 Å². The van der Waals surface area contributed by atoms with Crippen LogP contribution < -0.4 is 10.1 Å². The maximum Gasteiger partial charge on any atom is 0.258 e. The van der Waals surface area contributed by atoms with Crippen LogP contribution in [0.1, 0.15) is 49.9 Å². The fourth-order valence-corrected chi connectivity index (χ4v) is 3.50. The van der Waals surface area contributed by atoms with Crippen molar-refractivity contribution >= 4 is 17.6 Å². The topological polar surface area (TPSA) is 81.2 Å². The molecular weight excluding hydrogens is 366 g/mol. The Morgan fingerprint density at radius 3 is 2.48 bits per heavy atom. The number of nitrogens with zero attached hydrogens (tertiary/aromatic N) is 2. The molecule has 29 heavy (non-hydrogen) atoms. The molecule has 146 valence electrons. The van der Waals surface area contributed by atoms with Gasteiger partial charge in [-0.1, -0.05) is 29.8 Å². The number of benzene rings is 2. The van der Waals surface area contributed by atoms with Crippen molar-refractivity contribution in [3.8, 4) is 5.75 Å². The van der Waals surface area contributed by atoms with Gasteiger partial charge in [0.2, 0.25) is 5.95 Å². The van der Waals surface area contributed by atoms with Gasteiger partial charge in [0.25, 0.3) is 5.91 Å². The molecule has 1 N–H and O–H groups in total. The number of aryl methyl sites for hydroxylation is 1.